The normalized spacial score (nSPS) is 16.7. The number of rotatable bonds is 16. The number of aryl methyl sites for hydroxylation is 3. The molecule has 4 aromatic carbocycles. The molecule has 1 unspecified atom stereocenters. The number of allylic oxidation sites excluding steroid dienone is 2. The first kappa shape index (κ1) is 46.0. The Labute approximate surface area is 412 Å². The molecular weight excluding hydrogens is 867 g/mol. The summed E-state index contributed by atoms with van der Waals surface area (Å²) in [4.78, 5) is 14.9. The topological polar surface area (TPSA) is 86.2 Å². The lowest BCUT2D eigenvalue weighted by Crippen LogP contribution is -2.35. The second-order valence-electron chi connectivity index (χ2n) is 19.4. The van der Waals surface area contributed by atoms with E-state index < -0.39 is 0 Å². The van der Waals surface area contributed by atoms with Gasteiger partial charge in [0.2, 0.25) is 0 Å². The minimum atomic E-state index is 0.188. The van der Waals surface area contributed by atoms with Crippen molar-refractivity contribution >= 4 is 60.9 Å². The molecule has 352 valence electrons. The zero-order valence-electron chi connectivity index (χ0n) is 40.4. The van der Waals surface area contributed by atoms with Crippen molar-refractivity contribution in [3.05, 3.63) is 180 Å². The molecule has 1 atom stereocenters. The highest BCUT2D eigenvalue weighted by molar-refractivity contribution is 7.22. The zero-order valence-corrected chi connectivity index (χ0v) is 41.2. The van der Waals surface area contributed by atoms with Crippen molar-refractivity contribution in [2.75, 3.05) is 41.7 Å². The molecule has 3 aliphatic heterocycles. The van der Waals surface area contributed by atoms with Gasteiger partial charge in [-0.2, -0.15) is 5.10 Å². The fourth-order valence-corrected chi connectivity index (χ4v) is 11.8. The highest BCUT2D eigenvalue weighted by Gasteiger charge is 2.27. The van der Waals surface area contributed by atoms with Crippen molar-refractivity contribution < 1.29 is 0 Å². The summed E-state index contributed by atoms with van der Waals surface area (Å²) < 4.78 is 3.15. The van der Waals surface area contributed by atoms with E-state index in [-0.39, 0.29) is 5.92 Å². The summed E-state index contributed by atoms with van der Waals surface area (Å²) in [6, 6.07) is 32.7. The maximum atomic E-state index is 5.21. The van der Waals surface area contributed by atoms with Crippen molar-refractivity contribution in [3.8, 4) is 11.1 Å². The van der Waals surface area contributed by atoms with Gasteiger partial charge in [-0.25, -0.2) is 9.97 Å². The summed E-state index contributed by atoms with van der Waals surface area (Å²) in [5.74, 6) is 1.95. The second-order valence-corrected chi connectivity index (χ2v) is 20.5. The molecule has 0 saturated carbocycles. The minimum absolute atomic E-state index is 0.188. The van der Waals surface area contributed by atoms with E-state index in [1.165, 1.54) is 65.3 Å². The molecule has 69 heavy (non-hydrogen) atoms. The Hall–Kier alpha value is -6.75. The van der Waals surface area contributed by atoms with E-state index in [4.69, 9.17) is 15.1 Å². The fourth-order valence-electron chi connectivity index (χ4n) is 10.9. The van der Waals surface area contributed by atoms with E-state index >= 15 is 0 Å². The number of unbranched alkanes of at least 4 members (excludes halogenated alkanes) is 1. The van der Waals surface area contributed by atoms with Crippen LogP contribution in [0, 0.1) is 12.8 Å². The molecule has 0 bridgehead atoms. The molecule has 0 radical (unpaired) electrons. The molecule has 10 rings (SSSR count). The number of hydrogen-bond donors (Lipinski definition) is 3. The SMILES string of the molecule is C=Cc1nc(N2CCc3cccc(C(=C)Nc4nc5ccccc5s4)c3C2)ccc1-c1ccc(CCCCC2CCN(CC(=C)Nc3ccc4c(C5CCC(=C)NC5=C)nn(C)c4c3)CC2)cc1C. The first-order chi connectivity index (χ1) is 33.6. The predicted octanol–water partition coefficient (Wildman–Crippen LogP) is 13.4. The maximum Gasteiger partial charge on any atom is 0.188 e. The Kier molecular flexibility index (Phi) is 13.4. The summed E-state index contributed by atoms with van der Waals surface area (Å²) in [7, 11) is 2.02. The molecular formula is C59H65N9S. The van der Waals surface area contributed by atoms with E-state index in [0.717, 1.165) is 142 Å². The van der Waals surface area contributed by atoms with Crippen LogP contribution in [0.2, 0.25) is 0 Å². The predicted molar refractivity (Wildman–Crippen MR) is 292 cm³/mol. The van der Waals surface area contributed by atoms with Crippen LogP contribution >= 0.6 is 11.3 Å². The maximum absolute atomic E-state index is 5.21. The average molecular weight is 932 g/mol. The van der Waals surface area contributed by atoms with Gasteiger partial charge >= 0.3 is 0 Å². The highest BCUT2D eigenvalue weighted by Crippen LogP contribution is 2.38. The molecule has 0 amide bonds. The Morgan fingerprint density at radius 2 is 1.71 bits per heavy atom. The molecule has 0 spiro atoms. The minimum Gasteiger partial charge on any atom is -0.363 e. The third-order valence-electron chi connectivity index (χ3n) is 14.6. The largest absolute Gasteiger partial charge is 0.363 e. The monoisotopic (exact) mass is 932 g/mol. The van der Waals surface area contributed by atoms with Crippen LogP contribution < -0.4 is 20.9 Å². The summed E-state index contributed by atoms with van der Waals surface area (Å²) in [5, 5.41) is 17.4. The first-order valence-electron chi connectivity index (χ1n) is 24.7. The van der Waals surface area contributed by atoms with Crippen LogP contribution in [0.1, 0.15) is 90.1 Å². The number of thiazole rings is 1. The quantitative estimate of drug-likeness (QED) is 0.0827. The van der Waals surface area contributed by atoms with E-state index in [9.17, 15) is 0 Å². The van der Waals surface area contributed by atoms with E-state index in [2.05, 4.69) is 144 Å². The number of anilines is 3. The van der Waals surface area contributed by atoms with Gasteiger partial charge in [-0.15, -0.1) is 0 Å². The first-order valence-corrected chi connectivity index (χ1v) is 25.6. The van der Waals surface area contributed by atoms with Crippen LogP contribution in [-0.2, 0) is 26.4 Å². The number of nitrogens with zero attached hydrogens (tertiary/aromatic N) is 6. The Morgan fingerprint density at radius 1 is 0.870 bits per heavy atom. The third-order valence-corrected chi connectivity index (χ3v) is 15.6. The zero-order chi connectivity index (χ0) is 47.6. The lowest BCUT2D eigenvalue weighted by Gasteiger charge is -2.32. The van der Waals surface area contributed by atoms with Crippen molar-refractivity contribution in [2.24, 2.45) is 13.0 Å². The molecule has 0 aliphatic carbocycles. The number of para-hydroxylation sites is 1. The number of fused-ring (bicyclic) bond motifs is 3. The molecule has 3 aromatic heterocycles. The van der Waals surface area contributed by atoms with E-state index in [0.29, 0.717) is 0 Å². The number of likely N-dealkylation sites (tertiary alicyclic amines) is 1. The summed E-state index contributed by atoms with van der Waals surface area (Å²) >= 11 is 1.65. The van der Waals surface area contributed by atoms with E-state index in [1.54, 1.807) is 11.3 Å². The van der Waals surface area contributed by atoms with Gasteiger partial charge in [-0.05, 0) is 147 Å². The van der Waals surface area contributed by atoms with Crippen LogP contribution in [0.15, 0.2) is 141 Å². The van der Waals surface area contributed by atoms with Crippen molar-refractivity contribution in [1.82, 2.24) is 30.0 Å². The smallest absolute Gasteiger partial charge is 0.188 e. The van der Waals surface area contributed by atoms with Crippen LogP contribution in [0.4, 0.5) is 16.6 Å². The number of benzene rings is 4. The lowest BCUT2D eigenvalue weighted by atomic mass is 9.90. The van der Waals surface area contributed by atoms with Crippen LogP contribution in [0.3, 0.4) is 0 Å². The number of aromatic nitrogens is 4. The standard InChI is InChI=1S/C59H65N9S/c1-8-53-50(26-27-57(63-53)68-33-30-45-16-13-17-48(52(45)37-68)41(5)62-59-64-54-18-11-12-19-56(54)69-59)47-24-21-44(34-38(47)2)15-10-9-14-43-28-31-67(32-29-43)36-40(4)61-46-22-25-51-55(35-46)66(7)65-58(51)49-23-20-39(3)60-42(49)6/h8,11-13,16-19,21-22,24-27,34-35,43,49,60-61H,1,3-6,9-10,14-15,20,23,28-33,36-37H2,2,7H3,(H,62,64). The number of pyridine rings is 1. The van der Waals surface area contributed by atoms with Crippen LogP contribution in [-0.4, -0.2) is 50.8 Å². The molecule has 6 heterocycles. The highest BCUT2D eigenvalue weighted by atomic mass is 32.1. The van der Waals surface area contributed by atoms with Crippen LogP contribution in [0.25, 0.3) is 44.0 Å². The molecule has 9 nitrogen and oxygen atoms in total. The molecule has 7 aromatic rings. The van der Waals surface area contributed by atoms with Gasteiger partial charge in [-0.1, -0.05) is 106 Å². The molecule has 2 saturated heterocycles. The van der Waals surface area contributed by atoms with E-state index in [1.807, 2.05) is 29.9 Å². The fraction of sp³-hybridized carbons (Fsp3) is 0.305. The molecule has 3 aliphatic rings. The van der Waals surface area contributed by atoms with Gasteiger partial charge in [0.15, 0.2) is 5.13 Å². The molecule has 10 heteroatoms. The number of hydrogen-bond acceptors (Lipinski definition) is 9. The summed E-state index contributed by atoms with van der Waals surface area (Å²) in [5.41, 5.74) is 17.9. The van der Waals surface area contributed by atoms with Crippen molar-refractivity contribution in [2.45, 2.75) is 77.2 Å². The van der Waals surface area contributed by atoms with Gasteiger partial charge < -0.3 is 20.9 Å². The summed E-state index contributed by atoms with van der Waals surface area (Å²) in [6.07, 6.45) is 12.2. The average Bonchev–Trinajstić information content (AvgIpc) is 3.92. The van der Waals surface area contributed by atoms with Gasteiger partial charge in [0.1, 0.15) is 5.82 Å². The molecule has 3 N–H and O–H groups in total. The van der Waals surface area contributed by atoms with Crippen molar-refractivity contribution in [1.29, 1.82) is 0 Å². The Balaban J connectivity index is 0.682. The Morgan fingerprint density at radius 3 is 2.52 bits per heavy atom. The van der Waals surface area contributed by atoms with Gasteiger partial charge in [0.05, 0.1) is 27.1 Å². The molecule has 2 fully saturated rings. The van der Waals surface area contributed by atoms with Crippen molar-refractivity contribution in [3.63, 3.8) is 0 Å². The summed E-state index contributed by atoms with van der Waals surface area (Å²) in [6.45, 7) is 28.4. The number of piperidine rings is 2. The van der Waals surface area contributed by atoms with Gasteiger partial charge in [0, 0.05) is 77.6 Å². The second kappa shape index (κ2) is 20.1. The third kappa shape index (κ3) is 10.1. The number of nitrogens with one attached hydrogen (secondary N) is 3. The lowest BCUT2D eigenvalue weighted by molar-refractivity contribution is 0.189. The van der Waals surface area contributed by atoms with Gasteiger partial charge in [-0.3, -0.25) is 9.58 Å². The van der Waals surface area contributed by atoms with Gasteiger partial charge in [0.25, 0.3) is 0 Å². The van der Waals surface area contributed by atoms with Crippen LogP contribution in [0.5, 0.6) is 0 Å². The Bertz CT molecular complexity index is 3080.